The number of alkyl carbamates (subject to hydrolysis) is 2. The lowest BCUT2D eigenvalue weighted by molar-refractivity contribution is -0.140. The number of aliphatic imine (C=N–C) groups is 1. The number of rotatable bonds is 19. The number of nitrogens with zero attached hydrogens (tertiary/aromatic N) is 1. The highest BCUT2D eigenvalue weighted by Crippen LogP contribution is 2.13. The van der Waals surface area contributed by atoms with E-state index in [0.29, 0.717) is 6.42 Å². The highest BCUT2D eigenvalue weighted by Gasteiger charge is 2.31. The maximum absolute atomic E-state index is 13.8. The molecule has 0 heterocycles. The zero-order chi connectivity index (χ0) is 41.6. The summed E-state index contributed by atoms with van der Waals surface area (Å²) in [6, 6.07) is 23.3. The van der Waals surface area contributed by atoms with Crippen molar-refractivity contribution in [2.45, 2.75) is 91.6 Å². The topological polar surface area (TPSA) is 203 Å². The van der Waals surface area contributed by atoms with Crippen LogP contribution in [0.2, 0.25) is 0 Å². The highest BCUT2D eigenvalue weighted by atomic mass is 16.6. The molecule has 15 nitrogen and oxygen atoms in total. The van der Waals surface area contributed by atoms with Gasteiger partial charge in [0.25, 0.3) is 0 Å². The Bertz CT molecular complexity index is 1710. The van der Waals surface area contributed by atoms with Crippen LogP contribution in [-0.2, 0) is 41.9 Å². The first kappa shape index (κ1) is 45.1. The SMILES string of the molecule is CC(=O)N[C@@H](CC(C)C)C(=O)N[C@@H](CC(C)C)C(=O)N[C@@H](CCCN=C(NC(=O)OCc1ccccc1)NC(=O)OCc1ccccc1)C(=O)Oc1ccccc1. The summed E-state index contributed by atoms with van der Waals surface area (Å²) in [6.07, 6.45) is -0.974. The van der Waals surface area contributed by atoms with Crippen molar-refractivity contribution in [1.29, 1.82) is 0 Å². The lowest BCUT2D eigenvalue weighted by Crippen LogP contribution is -2.56. The van der Waals surface area contributed by atoms with Crippen LogP contribution in [0.3, 0.4) is 0 Å². The van der Waals surface area contributed by atoms with Gasteiger partial charge in [-0.2, -0.15) is 0 Å². The van der Waals surface area contributed by atoms with E-state index in [1.165, 1.54) is 6.92 Å². The normalized spacial score (nSPS) is 12.3. The number of nitrogens with one attached hydrogen (secondary N) is 5. The largest absolute Gasteiger partial charge is 0.444 e. The van der Waals surface area contributed by atoms with Gasteiger partial charge in [0.05, 0.1) is 0 Å². The molecule has 0 aromatic heterocycles. The highest BCUT2D eigenvalue weighted by molar-refractivity contribution is 6.01. The molecular formula is C42H54N6O9. The lowest BCUT2D eigenvalue weighted by Gasteiger charge is -2.26. The molecule has 0 radical (unpaired) electrons. The quantitative estimate of drug-likeness (QED) is 0.0358. The molecule has 0 saturated heterocycles. The van der Waals surface area contributed by atoms with Crippen molar-refractivity contribution in [2.24, 2.45) is 16.8 Å². The summed E-state index contributed by atoms with van der Waals surface area (Å²) in [4.78, 5) is 82.2. The molecule has 3 aromatic carbocycles. The molecule has 0 aliphatic heterocycles. The van der Waals surface area contributed by atoms with Gasteiger partial charge in [0.1, 0.15) is 37.1 Å². The number of hydrogen-bond donors (Lipinski definition) is 5. The van der Waals surface area contributed by atoms with E-state index >= 15 is 0 Å². The van der Waals surface area contributed by atoms with Crippen LogP contribution in [0.15, 0.2) is 96.0 Å². The molecule has 5 amide bonds. The molecule has 57 heavy (non-hydrogen) atoms. The number of guanidine groups is 1. The number of para-hydroxylation sites is 1. The van der Waals surface area contributed by atoms with Crippen molar-refractivity contribution in [3.63, 3.8) is 0 Å². The third-order valence-corrected chi connectivity index (χ3v) is 8.09. The summed E-state index contributed by atoms with van der Waals surface area (Å²) >= 11 is 0. The fraction of sp³-hybridized carbons (Fsp3) is 0.405. The second kappa shape index (κ2) is 24.3. The van der Waals surface area contributed by atoms with Crippen LogP contribution in [-0.4, -0.2) is 66.5 Å². The minimum absolute atomic E-state index is 0.0217. The first-order chi connectivity index (χ1) is 27.3. The van der Waals surface area contributed by atoms with Gasteiger partial charge in [-0.3, -0.25) is 30.0 Å². The van der Waals surface area contributed by atoms with Crippen LogP contribution in [0.1, 0.15) is 71.4 Å². The molecule has 15 heteroatoms. The summed E-state index contributed by atoms with van der Waals surface area (Å²) in [6.45, 7) is 8.82. The van der Waals surface area contributed by atoms with Gasteiger partial charge in [0.15, 0.2) is 0 Å². The molecule has 306 valence electrons. The van der Waals surface area contributed by atoms with Gasteiger partial charge in [0, 0.05) is 13.5 Å². The predicted molar refractivity (Wildman–Crippen MR) is 214 cm³/mol. The Morgan fingerprint density at radius 1 is 0.596 bits per heavy atom. The average Bonchev–Trinajstić information content (AvgIpc) is 3.17. The minimum Gasteiger partial charge on any atom is -0.444 e. The Morgan fingerprint density at radius 3 is 1.49 bits per heavy atom. The second-order valence-corrected chi connectivity index (χ2v) is 14.1. The van der Waals surface area contributed by atoms with Gasteiger partial charge in [0.2, 0.25) is 23.7 Å². The van der Waals surface area contributed by atoms with Crippen LogP contribution in [0.4, 0.5) is 9.59 Å². The maximum Gasteiger partial charge on any atom is 0.414 e. The molecule has 3 rings (SSSR count). The molecular weight excluding hydrogens is 732 g/mol. The Hall–Kier alpha value is -6.25. The molecule has 0 fully saturated rings. The lowest BCUT2D eigenvalue weighted by atomic mass is 9.99. The van der Waals surface area contributed by atoms with Crippen LogP contribution in [0.25, 0.3) is 0 Å². The number of amides is 5. The summed E-state index contributed by atoms with van der Waals surface area (Å²) in [5.74, 6) is -2.21. The van der Waals surface area contributed by atoms with Crippen molar-refractivity contribution in [1.82, 2.24) is 26.6 Å². The van der Waals surface area contributed by atoms with Gasteiger partial charge in [-0.1, -0.05) is 107 Å². The van der Waals surface area contributed by atoms with E-state index in [4.69, 9.17) is 14.2 Å². The van der Waals surface area contributed by atoms with Gasteiger partial charge in [-0.25, -0.2) is 14.4 Å². The molecule has 0 bridgehead atoms. The van der Waals surface area contributed by atoms with E-state index < -0.39 is 48.1 Å². The van der Waals surface area contributed by atoms with Crippen molar-refractivity contribution in [3.8, 4) is 5.75 Å². The number of carbonyl (C=O) groups is 6. The van der Waals surface area contributed by atoms with Crippen molar-refractivity contribution in [3.05, 3.63) is 102 Å². The molecule has 5 N–H and O–H groups in total. The van der Waals surface area contributed by atoms with Crippen LogP contribution < -0.4 is 31.3 Å². The third kappa shape index (κ3) is 18.3. The van der Waals surface area contributed by atoms with E-state index in [2.05, 4.69) is 31.6 Å². The number of benzene rings is 3. The minimum atomic E-state index is -1.18. The van der Waals surface area contributed by atoms with Gasteiger partial charge in [-0.15, -0.1) is 0 Å². The average molecular weight is 787 g/mol. The van der Waals surface area contributed by atoms with Crippen LogP contribution in [0, 0.1) is 11.8 Å². The first-order valence-corrected chi connectivity index (χ1v) is 18.9. The Labute approximate surface area is 333 Å². The van der Waals surface area contributed by atoms with Crippen molar-refractivity contribution < 1.29 is 43.0 Å². The predicted octanol–water partition coefficient (Wildman–Crippen LogP) is 5.15. The molecule has 3 aromatic rings. The molecule has 0 unspecified atom stereocenters. The van der Waals surface area contributed by atoms with E-state index in [9.17, 15) is 28.8 Å². The van der Waals surface area contributed by atoms with Crippen LogP contribution >= 0.6 is 0 Å². The summed E-state index contributed by atoms with van der Waals surface area (Å²) in [5.41, 5.74) is 1.49. The van der Waals surface area contributed by atoms with Crippen LogP contribution in [0.5, 0.6) is 5.75 Å². The van der Waals surface area contributed by atoms with Gasteiger partial charge in [-0.05, 0) is 60.8 Å². The molecule has 0 spiro atoms. The summed E-state index contributed by atoms with van der Waals surface area (Å²) in [5, 5.41) is 13.0. The van der Waals surface area contributed by atoms with Gasteiger partial charge >= 0.3 is 18.2 Å². The summed E-state index contributed by atoms with van der Waals surface area (Å²) in [7, 11) is 0. The smallest absolute Gasteiger partial charge is 0.414 e. The van der Waals surface area contributed by atoms with Crippen molar-refractivity contribution >= 4 is 41.8 Å². The monoisotopic (exact) mass is 786 g/mol. The Balaban J connectivity index is 1.76. The Kier molecular flexibility index (Phi) is 19.2. The molecule has 0 aliphatic carbocycles. The zero-order valence-corrected chi connectivity index (χ0v) is 33.1. The maximum atomic E-state index is 13.8. The summed E-state index contributed by atoms with van der Waals surface area (Å²) < 4.78 is 16.2. The standard InChI is InChI=1S/C42H54N6O9/c1-28(2)24-35(44-30(5)49)37(50)46-36(25-29(3)4)38(51)45-34(39(52)57-33-20-13-8-14-21-33)22-15-23-43-40(47-41(53)55-26-31-16-9-6-10-17-31)48-42(54)56-27-32-18-11-7-12-19-32/h6-14,16-21,28-29,34-36H,15,22-27H2,1-5H3,(H,44,49)(H,45,51)(H,46,50)(H2,43,47,48,53,54)/t34-,35-,36-/m0/s1. The third-order valence-electron chi connectivity index (χ3n) is 8.09. The second-order valence-electron chi connectivity index (χ2n) is 14.1. The molecule has 3 atom stereocenters. The van der Waals surface area contributed by atoms with E-state index in [1.54, 1.807) is 78.9 Å². The molecule has 0 saturated carbocycles. The van der Waals surface area contributed by atoms with E-state index in [-0.39, 0.29) is 68.5 Å². The molecule has 0 aliphatic rings. The first-order valence-electron chi connectivity index (χ1n) is 18.9. The number of ether oxygens (including phenoxy) is 3. The fourth-order valence-corrected chi connectivity index (χ4v) is 5.43. The zero-order valence-electron chi connectivity index (χ0n) is 33.1. The number of esters is 1. The Morgan fingerprint density at radius 2 is 1.04 bits per heavy atom. The number of carbonyl (C=O) groups excluding carboxylic acids is 6. The van der Waals surface area contributed by atoms with Gasteiger partial charge < -0.3 is 30.2 Å². The van der Waals surface area contributed by atoms with E-state index in [0.717, 1.165) is 11.1 Å². The van der Waals surface area contributed by atoms with Crippen molar-refractivity contribution in [2.75, 3.05) is 6.54 Å². The fourth-order valence-electron chi connectivity index (χ4n) is 5.43. The van der Waals surface area contributed by atoms with E-state index in [1.807, 2.05) is 39.8 Å². The number of hydrogen-bond acceptors (Lipinski definition) is 10.